The standard InChI is InChI=1S/C32H37NO8/c1-38-23-17-13-22(14-18-23)33-27(25(31(33)37)10-6-9-20-7-4-3-5-8-20)21-11-15-24(16-12-21)40-19-26-28(34)29(35)30(36)32(39-2)41-26/h3-5,7-8,11-18,25-30,32,34-36H,6,9-10,19H2,1-2H3/t25-,26-,27-,28-,29+,30-,32+/m1/s1. The molecule has 0 spiro atoms. The van der Waals surface area contributed by atoms with Crippen molar-refractivity contribution in [2.45, 2.75) is 56.0 Å². The first-order valence-electron chi connectivity index (χ1n) is 13.9. The number of aliphatic hydroxyl groups is 3. The number of methoxy groups -OCH3 is 2. The van der Waals surface area contributed by atoms with Gasteiger partial charge in [-0.05, 0) is 66.8 Å². The van der Waals surface area contributed by atoms with Gasteiger partial charge >= 0.3 is 0 Å². The van der Waals surface area contributed by atoms with E-state index in [2.05, 4.69) is 12.1 Å². The van der Waals surface area contributed by atoms with Gasteiger partial charge in [-0.15, -0.1) is 0 Å². The number of aryl methyl sites for hydroxylation is 1. The SMILES string of the molecule is COc1ccc(N2C(=O)[C@H](CCCc3ccccc3)[C@H]2c2ccc(OC[C@H]3O[C@H](OC)[C@H](O)[C@@H](O)[C@@H]3O)cc2)cc1. The molecule has 2 saturated heterocycles. The van der Waals surface area contributed by atoms with Gasteiger partial charge in [-0.3, -0.25) is 4.79 Å². The second-order valence-electron chi connectivity index (χ2n) is 10.5. The van der Waals surface area contributed by atoms with Gasteiger partial charge in [0.05, 0.1) is 19.1 Å². The molecule has 3 aromatic carbocycles. The third kappa shape index (κ3) is 6.24. The van der Waals surface area contributed by atoms with Gasteiger partial charge in [-0.25, -0.2) is 0 Å². The highest BCUT2D eigenvalue weighted by Crippen LogP contribution is 2.46. The van der Waals surface area contributed by atoms with Crippen LogP contribution >= 0.6 is 0 Å². The number of amides is 1. The van der Waals surface area contributed by atoms with Gasteiger partial charge in [0.1, 0.15) is 42.5 Å². The minimum atomic E-state index is -1.41. The minimum Gasteiger partial charge on any atom is -0.497 e. The Balaban J connectivity index is 1.28. The average Bonchev–Trinajstić information content (AvgIpc) is 3.01. The van der Waals surface area contributed by atoms with Crippen LogP contribution in [0, 0.1) is 5.92 Å². The van der Waals surface area contributed by atoms with E-state index in [4.69, 9.17) is 18.9 Å². The summed E-state index contributed by atoms with van der Waals surface area (Å²) in [6.45, 7) is -0.0495. The van der Waals surface area contributed by atoms with E-state index in [-0.39, 0.29) is 24.5 Å². The van der Waals surface area contributed by atoms with Crippen LogP contribution in [0.5, 0.6) is 11.5 Å². The van der Waals surface area contributed by atoms with Crippen LogP contribution < -0.4 is 14.4 Å². The Morgan fingerprint density at radius 1 is 0.829 bits per heavy atom. The molecule has 0 aliphatic carbocycles. The first-order valence-corrected chi connectivity index (χ1v) is 13.9. The van der Waals surface area contributed by atoms with Crippen molar-refractivity contribution in [2.75, 3.05) is 25.7 Å². The molecule has 9 heteroatoms. The molecule has 218 valence electrons. The second kappa shape index (κ2) is 13.0. The maximum Gasteiger partial charge on any atom is 0.233 e. The van der Waals surface area contributed by atoms with Crippen molar-refractivity contribution in [2.24, 2.45) is 5.92 Å². The normalized spacial score (nSPS) is 27.8. The first-order chi connectivity index (χ1) is 19.9. The molecule has 2 heterocycles. The Hall–Kier alpha value is -3.47. The van der Waals surface area contributed by atoms with Crippen LogP contribution in [0.3, 0.4) is 0 Å². The van der Waals surface area contributed by atoms with E-state index in [9.17, 15) is 20.1 Å². The lowest BCUT2D eigenvalue weighted by Gasteiger charge is -2.47. The predicted octanol–water partition coefficient (Wildman–Crippen LogP) is 3.26. The van der Waals surface area contributed by atoms with Crippen molar-refractivity contribution < 1.29 is 39.1 Å². The Labute approximate surface area is 239 Å². The Kier molecular flexibility index (Phi) is 9.22. The number of benzene rings is 3. The van der Waals surface area contributed by atoms with Crippen LogP contribution in [0.15, 0.2) is 78.9 Å². The number of hydrogen-bond donors (Lipinski definition) is 3. The van der Waals surface area contributed by atoms with E-state index >= 15 is 0 Å². The fraction of sp³-hybridized carbons (Fsp3) is 0.406. The monoisotopic (exact) mass is 563 g/mol. The summed E-state index contributed by atoms with van der Waals surface area (Å²) in [5.41, 5.74) is 3.07. The fourth-order valence-electron chi connectivity index (χ4n) is 5.60. The number of hydrogen-bond acceptors (Lipinski definition) is 8. The fourth-order valence-corrected chi connectivity index (χ4v) is 5.60. The predicted molar refractivity (Wildman–Crippen MR) is 152 cm³/mol. The Morgan fingerprint density at radius 2 is 1.51 bits per heavy atom. The van der Waals surface area contributed by atoms with Crippen LogP contribution in [0.25, 0.3) is 0 Å². The molecule has 0 aromatic heterocycles. The highest BCUT2D eigenvalue weighted by atomic mass is 16.7. The number of anilines is 1. The Bertz CT molecular complexity index is 1270. The summed E-state index contributed by atoms with van der Waals surface area (Å²) in [7, 11) is 2.96. The van der Waals surface area contributed by atoms with Gasteiger partial charge in [0, 0.05) is 12.8 Å². The Morgan fingerprint density at radius 3 is 2.17 bits per heavy atom. The van der Waals surface area contributed by atoms with Crippen LogP contribution in [0.4, 0.5) is 5.69 Å². The van der Waals surface area contributed by atoms with Gasteiger partial charge in [0.2, 0.25) is 5.91 Å². The summed E-state index contributed by atoms with van der Waals surface area (Å²) in [6.07, 6.45) is -3.46. The van der Waals surface area contributed by atoms with Gasteiger partial charge in [0.25, 0.3) is 0 Å². The first kappa shape index (κ1) is 29.0. The second-order valence-corrected chi connectivity index (χ2v) is 10.5. The molecule has 5 rings (SSSR count). The maximum absolute atomic E-state index is 13.4. The maximum atomic E-state index is 13.4. The van der Waals surface area contributed by atoms with Crippen LogP contribution in [-0.2, 0) is 20.7 Å². The summed E-state index contributed by atoms with van der Waals surface area (Å²) in [5, 5.41) is 30.4. The molecule has 0 unspecified atom stereocenters. The highest BCUT2D eigenvalue weighted by Gasteiger charge is 2.48. The molecule has 2 fully saturated rings. The molecule has 2 aliphatic rings. The van der Waals surface area contributed by atoms with Crippen molar-refractivity contribution in [1.82, 2.24) is 0 Å². The number of aliphatic hydroxyl groups excluding tert-OH is 3. The van der Waals surface area contributed by atoms with E-state index in [1.54, 1.807) is 7.11 Å². The van der Waals surface area contributed by atoms with E-state index in [0.29, 0.717) is 5.75 Å². The van der Waals surface area contributed by atoms with Crippen molar-refractivity contribution in [3.8, 4) is 11.5 Å². The lowest BCUT2D eigenvalue weighted by atomic mass is 9.78. The quantitative estimate of drug-likeness (QED) is 0.305. The van der Waals surface area contributed by atoms with Gasteiger partial charge in [-0.1, -0.05) is 42.5 Å². The van der Waals surface area contributed by atoms with Crippen molar-refractivity contribution in [3.05, 3.63) is 90.0 Å². The number of rotatable bonds is 11. The van der Waals surface area contributed by atoms with Gasteiger partial charge in [-0.2, -0.15) is 0 Å². The van der Waals surface area contributed by atoms with Crippen LogP contribution in [-0.4, -0.2) is 72.8 Å². The molecular weight excluding hydrogens is 526 g/mol. The largest absolute Gasteiger partial charge is 0.497 e. The molecule has 0 saturated carbocycles. The van der Waals surface area contributed by atoms with Crippen molar-refractivity contribution in [3.63, 3.8) is 0 Å². The molecular formula is C32H37NO8. The van der Waals surface area contributed by atoms with E-state index < -0.39 is 30.7 Å². The van der Waals surface area contributed by atoms with Crippen LogP contribution in [0.1, 0.15) is 30.0 Å². The van der Waals surface area contributed by atoms with E-state index in [0.717, 1.165) is 36.3 Å². The number of β-lactam (4-membered cyclic amide) rings is 1. The summed E-state index contributed by atoms with van der Waals surface area (Å²) < 4.78 is 21.8. The number of carbonyl (C=O) groups excluding carboxylic acids is 1. The molecule has 9 nitrogen and oxygen atoms in total. The van der Waals surface area contributed by atoms with Crippen LogP contribution in [0.2, 0.25) is 0 Å². The molecule has 2 aliphatic heterocycles. The summed E-state index contributed by atoms with van der Waals surface area (Å²) in [5.74, 6) is 1.23. The zero-order chi connectivity index (χ0) is 28.9. The van der Waals surface area contributed by atoms with Gasteiger partial charge in [0.15, 0.2) is 6.29 Å². The average molecular weight is 564 g/mol. The molecule has 0 bridgehead atoms. The van der Waals surface area contributed by atoms with E-state index in [1.165, 1.54) is 12.7 Å². The summed E-state index contributed by atoms with van der Waals surface area (Å²) in [6, 6.07) is 25.2. The third-order valence-electron chi connectivity index (χ3n) is 7.92. The lowest BCUT2D eigenvalue weighted by molar-refractivity contribution is -0.293. The topological polar surface area (TPSA) is 118 Å². The zero-order valence-electron chi connectivity index (χ0n) is 23.2. The molecule has 41 heavy (non-hydrogen) atoms. The van der Waals surface area contributed by atoms with E-state index in [1.807, 2.05) is 71.6 Å². The summed E-state index contributed by atoms with van der Waals surface area (Å²) in [4.78, 5) is 15.2. The summed E-state index contributed by atoms with van der Waals surface area (Å²) >= 11 is 0. The number of nitrogens with zero attached hydrogens (tertiary/aromatic N) is 1. The number of ether oxygens (including phenoxy) is 4. The minimum absolute atomic E-state index is 0.0495. The molecule has 0 radical (unpaired) electrons. The molecule has 3 N–H and O–H groups in total. The smallest absolute Gasteiger partial charge is 0.233 e. The van der Waals surface area contributed by atoms with Crippen molar-refractivity contribution >= 4 is 11.6 Å². The highest BCUT2D eigenvalue weighted by molar-refractivity contribution is 6.03. The lowest BCUT2D eigenvalue weighted by Crippen LogP contribution is -2.59. The number of carbonyl (C=O) groups is 1. The van der Waals surface area contributed by atoms with Crippen molar-refractivity contribution in [1.29, 1.82) is 0 Å². The van der Waals surface area contributed by atoms with Gasteiger partial charge < -0.3 is 39.2 Å². The molecule has 3 aromatic rings. The zero-order valence-corrected chi connectivity index (χ0v) is 23.2. The third-order valence-corrected chi connectivity index (χ3v) is 7.92. The molecule has 1 amide bonds. The molecule has 7 atom stereocenters.